The fraction of sp³-hybridized carbons (Fsp3) is 0.200. The lowest BCUT2D eigenvalue weighted by Crippen LogP contribution is -1.85. The highest BCUT2D eigenvalue weighted by Crippen LogP contribution is 2.57. The normalized spacial score (nSPS) is 22.4. The highest BCUT2D eigenvalue weighted by molar-refractivity contribution is 5.47. The lowest BCUT2D eigenvalue weighted by Gasteiger charge is -2.05. The van der Waals surface area contributed by atoms with E-state index in [0.717, 1.165) is 17.5 Å². The van der Waals surface area contributed by atoms with Crippen molar-refractivity contribution in [2.45, 2.75) is 18.3 Å². The van der Waals surface area contributed by atoms with Crippen molar-refractivity contribution in [2.24, 2.45) is 0 Å². The number of benzene rings is 2. The van der Waals surface area contributed by atoms with Crippen molar-refractivity contribution in [3.05, 3.63) is 59.7 Å². The van der Waals surface area contributed by atoms with Gasteiger partial charge in [-0.05, 0) is 41.5 Å². The van der Waals surface area contributed by atoms with Gasteiger partial charge in [0.2, 0.25) is 0 Å². The minimum atomic E-state index is 0.337. The van der Waals surface area contributed by atoms with Gasteiger partial charge in [-0.15, -0.1) is 0 Å². The predicted molar refractivity (Wildman–Crippen MR) is 66.3 cm³/mol. The van der Waals surface area contributed by atoms with E-state index in [1.807, 2.05) is 36.4 Å². The molecule has 0 saturated heterocycles. The summed E-state index contributed by atoms with van der Waals surface area (Å²) in [5.41, 5.74) is 1.97. The zero-order chi connectivity index (χ0) is 11.8. The maximum atomic E-state index is 9.79. The van der Waals surface area contributed by atoms with Crippen LogP contribution < -0.4 is 0 Å². The third-order valence-electron chi connectivity index (χ3n) is 3.46. The van der Waals surface area contributed by atoms with Crippen LogP contribution >= 0.6 is 0 Å². The molecule has 2 heteroatoms. The number of phenols is 2. The van der Waals surface area contributed by atoms with Crippen molar-refractivity contribution in [3.8, 4) is 11.5 Å². The molecule has 2 aromatic rings. The first-order valence-corrected chi connectivity index (χ1v) is 5.83. The van der Waals surface area contributed by atoms with Crippen LogP contribution in [0.5, 0.6) is 11.5 Å². The van der Waals surface area contributed by atoms with Gasteiger partial charge in [-0.25, -0.2) is 0 Å². The molecule has 1 fully saturated rings. The Morgan fingerprint density at radius 2 is 1.12 bits per heavy atom. The molecule has 0 heterocycles. The molecule has 0 bridgehead atoms. The summed E-state index contributed by atoms with van der Waals surface area (Å²) >= 11 is 0. The molecule has 2 nitrogen and oxygen atoms in total. The lowest BCUT2D eigenvalue weighted by atomic mass is 10.0. The summed E-state index contributed by atoms with van der Waals surface area (Å²) in [7, 11) is 0. The molecule has 2 atom stereocenters. The van der Waals surface area contributed by atoms with Gasteiger partial charge in [-0.2, -0.15) is 0 Å². The topological polar surface area (TPSA) is 40.5 Å². The molecule has 17 heavy (non-hydrogen) atoms. The van der Waals surface area contributed by atoms with Crippen LogP contribution in [-0.2, 0) is 0 Å². The molecule has 1 saturated carbocycles. The van der Waals surface area contributed by atoms with E-state index in [0.29, 0.717) is 23.3 Å². The zero-order valence-electron chi connectivity index (χ0n) is 9.38. The van der Waals surface area contributed by atoms with E-state index in [9.17, 15) is 10.2 Å². The van der Waals surface area contributed by atoms with Gasteiger partial charge < -0.3 is 10.2 Å². The van der Waals surface area contributed by atoms with E-state index in [1.54, 1.807) is 12.1 Å². The van der Waals surface area contributed by atoms with Gasteiger partial charge in [0, 0.05) is 0 Å². The first kappa shape index (κ1) is 10.2. The summed E-state index contributed by atoms with van der Waals surface area (Å²) in [6.45, 7) is 0. The van der Waals surface area contributed by atoms with Gasteiger partial charge in [0.15, 0.2) is 0 Å². The van der Waals surface area contributed by atoms with Crippen molar-refractivity contribution in [2.75, 3.05) is 0 Å². The number of aromatic hydroxyl groups is 2. The molecule has 0 spiro atoms. The van der Waals surface area contributed by atoms with Crippen LogP contribution in [0.15, 0.2) is 48.5 Å². The summed E-state index contributed by atoms with van der Waals surface area (Å²) < 4.78 is 0. The summed E-state index contributed by atoms with van der Waals surface area (Å²) in [4.78, 5) is 0. The number of hydrogen-bond donors (Lipinski definition) is 2. The highest BCUT2D eigenvalue weighted by Gasteiger charge is 2.41. The smallest absolute Gasteiger partial charge is 0.119 e. The number of phenolic OH excluding ortho intramolecular Hbond substituents is 2. The number of para-hydroxylation sites is 2. The van der Waals surface area contributed by atoms with E-state index in [4.69, 9.17) is 0 Å². The van der Waals surface area contributed by atoms with Crippen molar-refractivity contribution in [1.29, 1.82) is 0 Å². The van der Waals surface area contributed by atoms with Gasteiger partial charge >= 0.3 is 0 Å². The summed E-state index contributed by atoms with van der Waals surface area (Å²) in [6.07, 6.45) is 0.995. The predicted octanol–water partition coefficient (Wildman–Crippen LogP) is 3.37. The first-order chi connectivity index (χ1) is 8.27. The van der Waals surface area contributed by atoms with Crippen molar-refractivity contribution in [3.63, 3.8) is 0 Å². The molecular weight excluding hydrogens is 212 g/mol. The molecule has 0 unspecified atom stereocenters. The standard InChI is InChI=1S/C15H14O2/c16-14-7-3-1-5-10(14)12-9-13(12)11-6-2-4-8-15(11)17/h1-8,12-13,16-17H,9H2/t12-,13-/m0/s1. The molecular formula is C15H14O2. The Labute approximate surface area is 100 Å². The SMILES string of the molecule is Oc1ccccc1[C@@H]1C[C@H]1c1ccccc1O. The van der Waals surface area contributed by atoms with Crippen LogP contribution in [0.3, 0.4) is 0 Å². The van der Waals surface area contributed by atoms with Crippen LogP contribution in [-0.4, -0.2) is 10.2 Å². The van der Waals surface area contributed by atoms with Crippen LogP contribution in [0.4, 0.5) is 0 Å². The van der Waals surface area contributed by atoms with Crippen LogP contribution in [0.25, 0.3) is 0 Å². The summed E-state index contributed by atoms with van der Waals surface area (Å²) in [5, 5.41) is 19.6. The van der Waals surface area contributed by atoms with Gasteiger partial charge in [-0.3, -0.25) is 0 Å². The third kappa shape index (κ3) is 1.76. The van der Waals surface area contributed by atoms with Crippen LogP contribution in [0.2, 0.25) is 0 Å². The maximum Gasteiger partial charge on any atom is 0.119 e. The Morgan fingerprint density at radius 3 is 1.53 bits per heavy atom. The summed E-state index contributed by atoms with van der Waals surface area (Å²) in [6, 6.07) is 14.9. The monoisotopic (exact) mass is 226 g/mol. The van der Waals surface area contributed by atoms with Crippen molar-refractivity contribution in [1.82, 2.24) is 0 Å². The van der Waals surface area contributed by atoms with E-state index in [2.05, 4.69) is 0 Å². The first-order valence-electron chi connectivity index (χ1n) is 5.83. The average Bonchev–Trinajstić information content (AvgIpc) is 3.10. The van der Waals surface area contributed by atoms with Gasteiger partial charge in [0.25, 0.3) is 0 Å². The quantitative estimate of drug-likeness (QED) is 0.824. The third-order valence-corrected chi connectivity index (χ3v) is 3.46. The second-order valence-corrected chi connectivity index (χ2v) is 4.57. The van der Waals surface area contributed by atoms with Crippen molar-refractivity contribution >= 4 is 0 Å². The van der Waals surface area contributed by atoms with Crippen LogP contribution in [0.1, 0.15) is 29.4 Å². The van der Waals surface area contributed by atoms with Gasteiger partial charge in [-0.1, -0.05) is 36.4 Å². The Kier molecular flexibility index (Phi) is 2.29. The van der Waals surface area contributed by atoms with Gasteiger partial charge in [0.1, 0.15) is 11.5 Å². The molecule has 0 aromatic heterocycles. The lowest BCUT2D eigenvalue weighted by molar-refractivity contribution is 0.464. The minimum Gasteiger partial charge on any atom is -0.508 e. The van der Waals surface area contributed by atoms with Crippen LogP contribution in [0, 0.1) is 0 Å². The largest absolute Gasteiger partial charge is 0.508 e. The van der Waals surface area contributed by atoms with E-state index in [1.165, 1.54) is 0 Å². The van der Waals surface area contributed by atoms with Crippen molar-refractivity contribution < 1.29 is 10.2 Å². The summed E-state index contributed by atoms with van der Waals surface area (Å²) in [5.74, 6) is 1.39. The highest BCUT2D eigenvalue weighted by atomic mass is 16.3. The molecule has 1 aliphatic carbocycles. The Hall–Kier alpha value is -1.96. The molecule has 3 rings (SSSR count). The average molecular weight is 226 g/mol. The molecule has 86 valence electrons. The second kappa shape index (κ2) is 3.81. The fourth-order valence-electron chi connectivity index (χ4n) is 2.48. The molecule has 0 aliphatic heterocycles. The number of rotatable bonds is 2. The molecule has 2 aromatic carbocycles. The Bertz CT molecular complexity index is 499. The molecule has 0 amide bonds. The number of hydrogen-bond acceptors (Lipinski definition) is 2. The molecule has 1 aliphatic rings. The Balaban J connectivity index is 1.89. The van der Waals surface area contributed by atoms with E-state index < -0.39 is 0 Å². The minimum absolute atomic E-state index is 0.337. The maximum absolute atomic E-state index is 9.79. The Morgan fingerprint density at radius 1 is 0.706 bits per heavy atom. The fourth-order valence-corrected chi connectivity index (χ4v) is 2.48. The van der Waals surface area contributed by atoms with E-state index >= 15 is 0 Å². The second-order valence-electron chi connectivity index (χ2n) is 4.57. The molecule has 2 N–H and O–H groups in total. The molecule has 0 radical (unpaired) electrons. The van der Waals surface area contributed by atoms with E-state index in [-0.39, 0.29) is 0 Å². The van der Waals surface area contributed by atoms with Gasteiger partial charge in [0.05, 0.1) is 0 Å². The zero-order valence-corrected chi connectivity index (χ0v) is 9.38.